The predicted molar refractivity (Wildman–Crippen MR) is 71.4 cm³/mol. The Kier molecular flexibility index (Phi) is 6.47. The molecule has 2 unspecified atom stereocenters. The summed E-state index contributed by atoms with van der Waals surface area (Å²) in [4.78, 5) is 18.5. The molecule has 0 saturated carbocycles. The van der Waals surface area contributed by atoms with E-state index >= 15 is 0 Å². The Morgan fingerprint density at radius 1 is 1.39 bits per heavy atom. The second-order valence-corrected chi connectivity index (χ2v) is 4.67. The van der Waals surface area contributed by atoms with Gasteiger partial charge in [0.1, 0.15) is 6.10 Å². The van der Waals surface area contributed by atoms with Crippen LogP contribution >= 0.6 is 0 Å². The van der Waals surface area contributed by atoms with Gasteiger partial charge in [0, 0.05) is 12.4 Å². The van der Waals surface area contributed by atoms with Gasteiger partial charge in [0.2, 0.25) is 5.82 Å². The zero-order chi connectivity index (χ0) is 13.4. The van der Waals surface area contributed by atoms with Crippen LogP contribution < -0.4 is 0 Å². The monoisotopic (exact) mass is 252 g/mol. The van der Waals surface area contributed by atoms with Gasteiger partial charge < -0.3 is 9.72 Å². The number of imidazole rings is 1. The fourth-order valence-electron chi connectivity index (χ4n) is 2.15. The molecule has 0 radical (unpaired) electrons. The Labute approximate surface area is 109 Å². The quantitative estimate of drug-likeness (QED) is 0.720. The third-order valence-corrected chi connectivity index (χ3v) is 3.29. The zero-order valence-electron chi connectivity index (χ0n) is 11.6. The summed E-state index contributed by atoms with van der Waals surface area (Å²) in [6, 6.07) is 0. The van der Waals surface area contributed by atoms with Crippen LogP contribution in [0.5, 0.6) is 0 Å². The number of hydrogen-bond donors (Lipinski definition) is 1. The first-order valence-electron chi connectivity index (χ1n) is 6.91. The molecule has 0 aliphatic heterocycles. The molecule has 0 aliphatic carbocycles. The van der Waals surface area contributed by atoms with Crippen molar-refractivity contribution < 1.29 is 9.53 Å². The Hall–Kier alpha value is -1.32. The lowest BCUT2D eigenvalue weighted by Crippen LogP contribution is -2.21. The number of aromatic nitrogens is 2. The predicted octanol–water partition coefficient (Wildman–Crippen LogP) is 3.56. The van der Waals surface area contributed by atoms with Gasteiger partial charge in [-0.3, -0.25) is 0 Å². The molecule has 0 aromatic carbocycles. The van der Waals surface area contributed by atoms with E-state index in [4.69, 9.17) is 4.74 Å². The van der Waals surface area contributed by atoms with Crippen molar-refractivity contribution >= 4 is 5.97 Å². The second-order valence-electron chi connectivity index (χ2n) is 4.67. The highest BCUT2D eigenvalue weighted by atomic mass is 16.5. The van der Waals surface area contributed by atoms with Crippen LogP contribution in [0.15, 0.2) is 12.4 Å². The zero-order valence-corrected chi connectivity index (χ0v) is 11.6. The lowest BCUT2D eigenvalue weighted by molar-refractivity contribution is 0.0213. The average Bonchev–Trinajstić information content (AvgIpc) is 2.90. The summed E-state index contributed by atoms with van der Waals surface area (Å²) < 4.78 is 5.49. The van der Waals surface area contributed by atoms with Crippen LogP contribution in [0.25, 0.3) is 0 Å². The SMILES string of the molecule is CCCC(CC)CC(CC)OC(=O)c1ncc[nH]1. The van der Waals surface area contributed by atoms with Crippen LogP contribution in [-0.4, -0.2) is 22.0 Å². The number of carbonyl (C=O) groups is 1. The minimum Gasteiger partial charge on any atom is -0.457 e. The standard InChI is InChI=1S/C14H24N2O2/c1-4-7-11(5-2)10-12(6-3)18-14(17)13-15-8-9-16-13/h8-9,11-12H,4-7,10H2,1-3H3,(H,15,16). The number of rotatable bonds is 8. The van der Waals surface area contributed by atoms with Gasteiger partial charge >= 0.3 is 5.97 Å². The molecule has 0 saturated heterocycles. The summed E-state index contributed by atoms with van der Waals surface area (Å²) >= 11 is 0. The Morgan fingerprint density at radius 2 is 2.17 bits per heavy atom. The molecule has 1 aromatic heterocycles. The molecular weight excluding hydrogens is 228 g/mol. The Morgan fingerprint density at radius 3 is 2.67 bits per heavy atom. The average molecular weight is 252 g/mol. The number of carbonyl (C=O) groups excluding carboxylic acids is 1. The van der Waals surface area contributed by atoms with Gasteiger partial charge in [0.15, 0.2) is 0 Å². The molecule has 102 valence electrons. The van der Waals surface area contributed by atoms with E-state index in [1.807, 2.05) is 0 Å². The van der Waals surface area contributed by atoms with Gasteiger partial charge in [0.05, 0.1) is 0 Å². The van der Waals surface area contributed by atoms with E-state index in [1.54, 1.807) is 12.4 Å². The van der Waals surface area contributed by atoms with Gasteiger partial charge in [-0.05, 0) is 18.8 Å². The van der Waals surface area contributed by atoms with Crippen LogP contribution in [0.2, 0.25) is 0 Å². The maximum Gasteiger partial charge on any atom is 0.374 e. The van der Waals surface area contributed by atoms with Gasteiger partial charge in [-0.25, -0.2) is 9.78 Å². The summed E-state index contributed by atoms with van der Waals surface area (Å²) in [7, 11) is 0. The number of H-pyrrole nitrogens is 1. The third-order valence-electron chi connectivity index (χ3n) is 3.29. The van der Waals surface area contributed by atoms with Gasteiger partial charge in [-0.15, -0.1) is 0 Å². The van der Waals surface area contributed by atoms with E-state index in [1.165, 1.54) is 12.8 Å². The largest absolute Gasteiger partial charge is 0.457 e. The molecule has 4 nitrogen and oxygen atoms in total. The Balaban J connectivity index is 2.48. The van der Waals surface area contributed by atoms with E-state index in [0.717, 1.165) is 19.3 Å². The molecule has 2 atom stereocenters. The normalized spacial score (nSPS) is 14.2. The second kappa shape index (κ2) is 7.90. The van der Waals surface area contributed by atoms with Gasteiger partial charge in [-0.1, -0.05) is 40.0 Å². The van der Waals surface area contributed by atoms with Crippen molar-refractivity contribution in [1.29, 1.82) is 0 Å². The highest BCUT2D eigenvalue weighted by molar-refractivity contribution is 5.85. The lowest BCUT2D eigenvalue weighted by atomic mass is 9.93. The van der Waals surface area contributed by atoms with Crippen LogP contribution in [0.4, 0.5) is 0 Å². The maximum atomic E-state index is 11.8. The first-order chi connectivity index (χ1) is 8.71. The highest BCUT2D eigenvalue weighted by Crippen LogP contribution is 2.21. The minimum atomic E-state index is -0.349. The molecule has 1 N–H and O–H groups in total. The molecule has 4 heteroatoms. The number of nitrogens with zero attached hydrogens (tertiary/aromatic N) is 1. The van der Waals surface area contributed by atoms with Gasteiger partial charge in [-0.2, -0.15) is 0 Å². The first-order valence-corrected chi connectivity index (χ1v) is 6.91. The van der Waals surface area contributed by atoms with Crippen molar-refractivity contribution in [2.75, 3.05) is 0 Å². The summed E-state index contributed by atoms with van der Waals surface area (Å²) in [5.74, 6) is 0.583. The molecule has 1 heterocycles. The van der Waals surface area contributed by atoms with Crippen LogP contribution in [0.3, 0.4) is 0 Å². The topological polar surface area (TPSA) is 55.0 Å². The fourth-order valence-corrected chi connectivity index (χ4v) is 2.15. The number of nitrogens with one attached hydrogen (secondary N) is 1. The summed E-state index contributed by atoms with van der Waals surface area (Å²) in [6.45, 7) is 6.44. The van der Waals surface area contributed by atoms with Gasteiger partial charge in [0.25, 0.3) is 0 Å². The molecule has 0 aliphatic rings. The summed E-state index contributed by atoms with van der Waals surface area (Å²) in [6.07, 6.45) is 8.51. The van der Waals surface area contributed by atoms with Crippen LogP contribution in [0, 0.1) is 5.92 Å². The summed E-state index contributed by atoms with van der Waals surface area (Å²) in [5, 5.41) is 0. The molecule has 0 spiro atoms. The van der Waals surface area contributed by atoms with Crippen molar-refractivity contribution in [3.63, 3.8) is 0 Å². The van der Waals surface area contributed by atoms with E-state index in [2.05, 4.69) is 30.7 Å². The molecule has 1 aromatic rings. The first kappa shape index (κ1) is 14.7. The molecule has 0 bridgehead atoms. The minimum absolute atomic E-state index is 0.000833. The molecule has 0 amide bonds. The molecular formula is C14H24N2O2. The summed E-state index contributed by atoms with van der Waals surface area (Å²) in [5.41, 5.74) is 0. The van der Waals surface area contributed by atoms with Crippen molar-refractivity contribution in [3.8, 4) is 0 Å². The fraction of sp³-hybridized carbons (Fsp3) is 0.714. The number of aromatic amines is 1. The highest BCUT2D eigenvalue weighted by Gasteiger charge is 2.19. The molecule has 0 fully saturated rings. The maximum absolute atomic E-state index is 11.8. The van der Waals surface area contributed by atoms with Crippen molar-refractivity contribution in [1.82, 2.24) is 9.97 Å². The Bertz CT molecular complexity index is 336. The van der Waals surface area contributed by atoms with Crippen molar-refractivity contribution in [3.05, 3.63) is 18.2 Å². The third kappa shape index (κ3) is 4.51. The van der Waals surface area contributed by atoms with E-state index in [0.29, 0.717) is 5.92 Å². The van der Waals surface area contributed by atoms with E-state index in [-0.39, 0.29) is 17.9 Å². The van der Waals surface area contributed by atoms with E-state index < -0.39 is 0 Å². The van der Waals surface area contributed by atoms with Crippen molar-refractivity contribution in [2.45, 2.75) is 59.0 Å². The molecule has 1 rings (SSSR count). The smallest absolute Gasteiger partial charge is 0.374 e. The van der Waals surface area contributed by atoms with E-state index in [9.17, 15) is 4.79 Å². The van der Waals surface area contributed by atoms with Crippen LogP contribution in [-0.2, 0) is 4.74 Å². The molecule has 18 heavy (non-hydrogen) atoms. The lowest BCUT2D eigenvalue weighted by Gasteiger charge is -2.21. The van der Waals surface area contributed by atoms with Crippen molar-refractivity contribution in [2.24, 2.45) is 5.92 Å². The number of hydrogen-bond acceptors (Lipinski definition) is 3. The number of ether oxygens (including phenoxy) is 1. The van der Waals surface area contributed by atoms with Crippen LogP contribution in [0.1, 0.15) is 63.5 Å². The number of esters is 1.